The first kappa shape index (κ1) is 22.1. The highest BCUT2D eigenvalue weighted by Crippen LogP contribution is 2.33. The lowest BCUT2D eigenvalue weighted by Gasteiger charge is -2.14. The van der Waals surface area contributed by atoms with Crippen LogP contribution in [0, 0.1) is 13.8 Å². The van der Waals surface area contributed by atoms with Crippen LogP contribution in [0.5, 0.6) is 5.75 Å². The maximum atomic E-state index is 13.6. The normalized spacial score (nSPS) is 10.9. The van der Waals surface area contributed by atoms with Crippen LogP contribution in [0.4, 0.5) is 0 Å². The van der Waals surface area contributed by atoms with Gasteiger partial charge in [0.1, 0.15) is 5.75 Å². The fourth-order valence-electron chi connectivity index (χ4n) is 4.18. The number of para-hydroxylation sites is 1. The van der Waals surface area contributed by atoms with Crippen LogP contribution >= 0.6 is 15.9 Å². The summed E-state index contributed by atoms with van der Waals surface area (Å²) in [7, 11) is 0. The SMILES string of the molecule is Cc1cc(C)c2nc(-c3ccc(Br)cc3)cc(C(=O)Oc3ccccc3-c3ccccc3)c2c1. The third-order valence-corrected chi connectivity index (χ3v) is 6.31. The summed E-state index contributed by atoms with van der Waals surface area (Å²) >= 11 is 3.48. The molecule has 0 fully saturated rings. The average molecular weight is 508 g/mol. The monoisotopic (exact) mass is 507 g/mol. The van der Waals surface area contributed by atoms with Gasteiger partial charge in [-0.15, -0.1) is 0 Å². The van der Waals surface area contributed by atoms with Crippen LogP contribution in [0.15, 0.2) is 102 Å². The molecule has 34 heavy (non-hydrogen) atoms. The number of benzene rings is 4. The number of esters is 1. The molecular formula is C30H22BrNO2. The summed E-state index contributed by atoms with van der Waals surface area (Å²) in [5.41, 5.74) is 6.92. The lowest BCUT2D eigenvalue weighted by atomic mass is 9.99. The third-order valence-electron chi connectivity index (χ3n) is 5.78. The zero-order valence-corrected chi connectivity index (χ0v) is 20.5. The quantitative estimate of drug-likeness (QED) is 0.182. The van der Waals surface area contributed by atoms with Gasteiger partial charge >= 0.3 is 5.97 Å². The van der Waals surface area contributed by atoms with Gasteiger partial charge in [0.2, 0.25) is 0 Å². The molecule has 3 nitrogen and oxygen atoms in total. The van der Waals surface area contributed by atoms with Crippen molar-refractivity contribution in [3.05, 3.63) is 118 Å². The molecular weight excluding hydrogens is 486 g/mol. The van der Waals surface area contributed by atoms with Crippen LogP contribution < -0.4 is 4.74 Å². The third kappa shape index (κ3) is 4.37. The Balaban J connectivity index is 1.64. The minimum Gasteiger partial charge on any atom is -0.422 e. The molecule has 0 N–H and O–H groups in total. The van der Waals surface area contributed by atoms with E-state index in [4.69, 9.17) is 9.72 Å². The Labute approximate surface area is 207 Å². The summed E-state index contributed by atoms with van der Waals surface area (Å²) < 4.78 is 7.00. The molecule has 0 aliphatic heterocycles. The highest BCUT2D eigenvalue weighted by Gasteiger charge is 2.19. The van der Waals surface area contributed by atoms with E-state index in [0.29, 0.717) is 11.3 Å². The summed E-state index contributed by atoms with van der Waals surface area (Å²) in [5, 5.41) is 0.792. The second kappa shape index (κ2) is 9.24. The average Bonchev–Trinajstić information content (AvgIpc) is 2.85. The standard InChI is InChI=1S/C30H22BrNO2/c1-19-16-20(2)29-25(17-19)26(18-27(32-29)22-12-14-23(31)15-13-22)30(33)34-28-11-7-6-10-24(28)21-8-4-3-5-9-21/h3-18H,1-2H3. The van der Waals surface area contributed by atoms with Crippen molar-refractivity contribution in [2.45, 2.75) is 13.8 Å². The molecule has 1 aromatic heterocycles. The Morgan fingerprint density at radius 1 is 0.794 bits per heavy atom. The number of rotatable bonds is 4. The summed E-state index contributed by atoms with van der Waals surface area (Å²) in [6.07, 6.45) is 0. The Bertz CT molecular complexity index is 1510. The molecule has 5 aromatic rings. The van der Waals surface area contributed by atoms with E-state index < -0.39 is 5.97 Å². The maximum absolute atomic E-state index is 13.6. The molecule has 0 saturated heterocycles. The van der Waals surface area contributed by atoms with Gasteiger partial charge in [0.15, 0.2) is 0 Å². The number of pyridine rings is 1. The highest BCUT2D eigenvalue weighted by molar-refractivity contribution is 9.10. The van der Waals surface area contributed by atoms with E-state index in [0.717, 1.165) is 48.9 Å². The van der Waals surface area contributed by atoms with E-state index in [1.54, 1.807) is 0 Å². The van der Waals surface area contributed by atoms with Gasteiger partial charge in [-0.05, 0) is 55.3 Å². The Morgan fingerprint density at radius 2 is 1.50 bits per heavy atom. The van der Waals surface area contributed by atoms with Gasteiger partial charge in [0.25, 0.3) is 0 Å². The summed E-state index contributed by atoms with van der Waals surface area (Å²) in [4.78, 5) is 18.5. The van der Waals surface area contributed by atoms with Gasteiger partial charge in [-0.2, -0.15) is 0 Å². The molecule has 0 bridgehead atoms. The van der Waals surface area contributed by atoms with E-state index in [2.05, 4.69) is 22.0 Å². The lowest BCUT2D eigenvalue weighted by Crippen LogP contribution is -2.11. The second-order valence-electron chi connectivity index (χ2n) is 8.29. The first-order valence-electron chi connectivity index (χ1n) is 11.0. The summed E-state index contributed by atoms with van der Waals surface area (Å²) in [5.74, 6) is 0.123. The van der Waals surface area contributed by atoms with Crippen molar-refractivity contribution in [1.29, 1.82) is 0 Å². The fourth-order valence-corrected chi connectivity index (χ4v) is 4.45. The predicted molar refractivity (Wildman–Crippen MR) is 141 cm³/mol. The van der Waals surface area contributed by atoms with Gasteiger partial charge in [-0.3, -0.25) is 0 Å². The predicted octanol–water partition coefficient (Wildman–Crippen LogP) is 8.17. The summed E-state index contributed by atoms with van der Waals surface area (Å²) in [6.45, 7) is 4.04. The van der Waals surface area contributed by atoms with Crippen LogP contribution in [0.25, 0.3) is 33.3 Å². The number of ether oxygens (including phenoxy) is 1. The molecule has 0 amide bonds. The minimum absolute atomic E-state index is 0.404. The molecule has 0 unspecified atom stereocenters. The Kier molecular flexibility index (Phi) is 5.99. The van der Waals surface area contributed by atoms with Gasteiger partial charge in [0.05, 0.1) is 16.8 Å². The van der Waals surface area contributed by atoms with Crippen molar-refractivity contribution in [3.8, 4) is 28.1 Å². The molecule has 166 valence electrons. The van der Waals surface area contributed by atoms with Gasteiger partial charge in [0, 0.05) is 21.0 Å². The highest BCUT2D eigenvalue weighted by atomic mass is 79.9. The topological polar surface area (TPSA) is 39.2 Å². The van der Waals surface area contributed by atoms with Crippen molar-refractivity contribution in [3.63, 3.8) is 0 Å². The van der Waals surface area contributed by atoms with Crippen molar-refractivity contribution in [2.24, 2.45) is 0 Å². The molecule has 0 saturated carbocycles. The van der Waals surface area contributed by atoms with E-state index in [9.17, 15) is 4.79 Å². The van der Waals surface area contributed by atoms with Gasteiger partial charge < -0.3 is 4.74 Å². The van der Waals surface area contributed by atoms with Gasteiger partial charge in [-0.1, -0.05) is 88.2 Å². The van der Waals surface area contributed by atoms with Crippen LogP contribution in [-0.4, -0.2) is 11.0 Å². The molecule has 0 aliphatic rings. The zero-order valence-electron chi connectivity index (χ0n) is 18.9. The number of hydrogen-bond acceptors (Lipinski definition) is 3. The maximum Gasteiger partial charge on any atom is 0.344 e. The number of carbonyl (C=O) groups is 1. The number of hydrogen-bond donors (Lipinski definition) is 0. The molecule has 1 heterocycles. The van der Waals surface area contributed by atoms with Gasteiger partial charge in [-0.25, -0.2) is 9.78 Å². The molecule has 0 atom stereocenters. The van der Waals surface area contributed by atoms with Crippen LogP contribution in [-0.2, 0) is 0 Å². The number of halogens is 1. The van der Waals surface area contributed by atoms with Crippen LogP contribution in [0.2, 0.25) is 0 Å². The molecule has 0 spiro atoms. The number of aromatic nitrogens is 1. The smallest absolute Gasteiger partial charge is 0.344 e. The number of fused-ring (bicyclic) bond motifs is 1. The van der Waals surface area contributed by atoms with E-state index >= 15 is 0 Å². The number of nitrogens with zero attached hydrogens (tertiary/aromatic N) is 1. The van der Waals surface area contributed by atoms with Crippen LogP contribution in [0.1, 0.15) is 21.5 Å². The molecule has 0 aliphatic carbocycles. The molecule has 5 rings (SSSR count). The van der Waals surface area contributed by atoms with E-state index in [1.807, 2.05) is 105 Å². The largest absolute Gasteiger partial charge is 0.422 e. The number of carbonyl (C=O) groups excluding carboxylic acids is 1. The second-order valence-corrected chi connectivity index (χ2v) is 9.21. The zero-order chi connectivity index (χ0) is 23.7. The Morgan fingerprint density at radius 3 is 2.26 bits per heavy atom. The van der Waals surface area contributed by atoms with Crippen molar-refractivity contribution >= 4 is 32.8 Å². The van der Waals surface area contributed by atoms with Crippen molar-refractivity contribution in [1.82, 2.24) is 4.98 Å². The lowest BCUT2D eigenvalue weighted by molar-refractivity contribution is 0.0737. The van der Waals surface area contributed by atoms with Crippen molar-refractivity contribution in [2.75, 3.05) is 0 Å². The van der Waals surface area contributed by atoms with E-state index in [-0.39, 0.29) is 0 Å². The van der Waals surface area contributed by atoms with Crippen molar-refractivity contribution < 1.29 is 9.53 Å². The minimum atomic E-state index is -0.404. The Hall–Kier alpha value is -3.76. The number of aryl methyl sites for hydroxylation is 2. The first-order chi connectivity index (χ1) is 16.5. The molecule has 4 heteroatoms. The molecule has 0 radical (unpaired) electrons. The fraction of sp³-hybridized carbons (Fsp3) is 0.0667. The summed E-state index contributed by atoms with van der Waals surface area (Å²) in [6, 6.07) is 31.4. The van der Waals surface area contributed by atoms with Crippen LogP contribution in [0.3, 0.4) is 0 Å². The molecule has 4 aromatic carbocycles. The van der Waals surface area contributed by atoms with E-state index in [1.165, 1.54) is 0 Å². The first-order valence-corrected chi connectivity index (χ1v) is 11.8.